The molecule has 5 nitrogen and oxygen atoms in total. The van der Waals surface area contributed by atoms with Gasteiger partial charge in [-0.1, -0.05) is 18.2 Å². The summed E-state index contributed by atoms with van der Waals surface area (Å²) in [6.07, 6.45) is 2.21. The van der Waals surface area contributed by atoms with E-state index in [9.17, 15) is 4.79 Å². The van der Waals surface area contributed by atoms with Crippen LogP contribution in [-0.2, 0) is 11.3 Å². The Balaban J connectivity index is 1.55. The molecule has 0 aliphatic carbocycles. The lowest BCUT2D eigenvalue weighted by Gasteiger charge is -2.20. The second kappa shape index (κ2) is 7.53. The van der Waals surface area contributed by atoms with Gasteiger partial charge in [0.25, 0.3) is 0 Å². The predicted octanol–water partition coefficient (Wildman–Crippen LogP) is 3.22. The third-order valence-electron chi connectivity index (χ3n) is 4.45. The molecule has 5 heteroatoms. The number of methoxy groups -OCH3 is 1. The molecule has 2 aromatic carbocycles. The maximum absolute atomic E-state index is 12.0. The van der Waals surface area contributed by atoms with Crippen LogP contribution in [0.5, 0.6) is 5.75 Å². The molecule has 0 unspecified atom stereocenters. The van der Waals surface area contributed by atoms with Gasteiger partial charge in [-0.3, -0.25) is 0 Å². The van der Waals surface area contributed by atoms with Gasteiger partial charge in [0.05, 0.1) is 19.3 Å². The first kappa shape index (κ1) is 16.6. The van der Waals surface area contributed by atoms with Crippen molar-refractivity contribution in [3.8, 4) is 5.75 Å². The summed E-state index contributed by atoms with van der Waals surface area (Å²) in [6.45, 7) is 3.27. The fraction of sp³-hybridized carbons (Fsp3) is 0.421. The van der Waals surface area contributed by atoms with Crippen molar-refractivity contribution >= 4 is 16.8 Å². The summed E-state index contributed by atoms with van der Waals surface area (Å²) in [6, 6.07) is 12.0. The van der Waals surface area contributed by atoms with Crippen molar-refractivity contribution in [3.05, 3.63) is 42.0 Å². The summed E-state index contributed by atoms with van der Waals surface area (Å²) in [5.74, 6) is 0.843. The Morgan fingerprint density at radius 3 is 2.83 bits per heavy atom. The predicted molar refractivity (Wildman–Crippen MR) is 94.3 cm³/mol. The zero-order chi connectivity index (χ0) is 16.9. The number of fused-ring (bicyclic) bond motifs is 1. The number of urea groups is 1. The lowest BCUT2D eigenvalue weighted by molar-refractivity contribution is 0.0860. The highest BCUT2D eigenvalue weighted by atomic mass is 16.5. The van der Waals surface area contributed by atoms with Crippen molar-refractivity contribution in [2.75, 3.05) is 13.7 Å². The Morgan fingerprint density at radius 2 is 2.08 bits per heavy atom. The zero-order valence-electron chi connectivity index (χ0n) is 14.2. The van der Waals surface area contributed by atoms with Gasteiger partial charge in [-0.2, -0.15) is 0 Å². The summed E-state index contributed by atoms with van der Waals surface area (Å²) in [5.41, 5.74) is 1.06. The number of rotatable bonds is 5. The molecule has 1 saturated heterocycles. The average Bonchev–Trinajstić information content (AvgIpc) is 3.14. The van der Waals surface area contributed by atoms with Crippen LogP contribution in [0, 0.1) is 0 Å². The highest BCUT2D eigenvalue weighted by Gasteiger charge is 2.23. The minimum Gasteiger partial charge on any atom is -0.497 e. The second-order valence-electron chi connectivity index (χ2n) is 6.21. The van der Waals surface area contributed by atoms with Gasteiger partial charge in [-0.05, 0) is 54.3 Å². The van der Waals surface area contributed by atoms with Crippen molar-refractivity contribution in [1.82, 2.24) is 10.6 Å². The van der Waals surface area contributed by atoms with E-state index in [4.69, 9.17) is 9.47 Å². The molecule has 2 aromatic rings. The van der Waals surface area contributed by atoms with E-state index in [0.717, 1.165) is 41.5 Å². The fourth-order valence-corrected chi connectivity index (χ4v) is 3.04. The van der Waals surface area contributed by atoms with E-state index in [2.05, 4.69) is 16.7 Å². The van der Waals surface area contributed by atoms with Gasteiger partial charge in [-0.25, -0.2) is 4.79 Å². The van der Waals surface area contributed by atoms with E-state index in [0.29, 0.717) is 6.54 Å². The SMILES string of the molecule is COc1ccc2cc(CNC(=O)N[C@@H](C)[C@@H]3CCCO3)ccc2c1. The summed E-state index contributed by atoms with van der Waals surface area (Å²) >= 11 is 0. The van der Waals surface area contributed by atoms with E-state index in [1.54, 1.807) is 7.11 Å². The molecule has 128 valence electrons. The number of amides is 2. The lowest BCUT2D eigenvalue weighted by atomic mass is 10.1. The van der Waals surface area contributed by atoms with Crippen LogP contribution in [0.4, 0.5) is 4.79 Å². The van der Waals surface area contributed by atoms with E-state index >= 15 is 0 Å². The van der Waals surface area contributed by atoms with Gasteiger partial charge in [0.2, 0.25) is 0 Å². The van der Waals surface area contributed by atoms with Gasteiger partial charge in [0.15, 0.2) is 0 Å². The van der Waals surface area contributed by atoms with Gasteiger partial charge in [-0.15, -0.1) is 0 Å². The molecule has 0 spiro atoms. The Bertz CT molecular complexity index is 711. The van der Waals surface area contributed by atoms with Crippen LogP contribution in [0.3, 0.4) is 0 Å². The second-order valence-corrected chi connectivity index (χ2v) is 6.21. The number of carbonyl (C=O) groups is 1. The number of ether oxygens (including phenoxy) is 2. The van der Waals surface area contributed by atoms with E-state index < -0.39 is 0 Å². The van der Waals surface area contributed by atoms with Crippen LogP contribution in [0.15, 0.2) is 36.4 Å². The Hall–Kier alpha value is -2.27. The molecule has 24 heavy (non-hydrogen) atoms. The molecule has 1 aliphatic rings. The van der Waals surface area contributed by atoms with Crippen molar-refractivity contribution in [3.63, 3.8) is 0 Å². The molecule has 1 heterocycles. The Labute approximate surface area is 142 Å². The number of hydrogen-bond donors (Lipinski definition) is 2. The standard InChI is InChI=1S/C19H24N2O3/c1-13(18-4-3-9-24-18)21-19(22)20-12-14-5-6-16-11-17(23-2)8-7-15(16)10-14/h5-8,10-11,13,18H,3-4,9,12H2,1-2H3,(H2,20,21,22)/t13-,18-/m0/s1. The van der Waals surface area contributed by atoms with Crippen molar-refractivity contribution in [1.29, 1.82) is 0 Å². The van der Waals surface area contributed by atoms with Crippen molar-refractivity contribution in [2.45, 2.75) is 38.5 Å². The summed E-state index contributed by atoms with van der Waals surface area (Å²) in [4.78, 5) is 12.0. The molecule has 3 rings (SSSR count). The Morgan fingerprint density at radius 1 is 1.29 bits per heavy atom. The molecule has 2 amide bonds. The molecular weight excluding hydrogens is 304 g/mol. The maximum atomic E-state index is 12.0. The summed E-state index contributed by atoms with van der Waals surface area (Å²) in [5, 5.41) is 8.11. The number of nitrogens with one attached hydrogen (secondary N) is 2. The van der Waals surface area contributed by atoms with Crippen molar-refractivity contribution in [2.24, 2.45) is 0 Å². The minimum absolute atomic E-state index is 0.0246. The van der Waals surface area contributed by atoms with Crippen molar-refractivity contribution < 1.29 is 14.3 Å². The third-order valence-corrected chi connectivity index (χ3v) is 4.45. The monoisotopic (exact) mass is 328 g/mol. The molecule has 2 atom stereocenters. The smallest absolute Gasteiger partial charge is 0.315 e. The van der Waals surface area contributed by atoms with Gasteiger partial charge < -0.3 is 20.1 Å². The molecule has 0 aromatic heterocycles. The molecule has 0 radical (unpaired) electrons. The van der Waals surface area contributed by atoms with Crippen LogP contribution < -0.4 is 15.4 Å². The van der Waals surface area contributed by atoms with Crippen LogP contribution in [0.1, 0.15) is 25.3 Å². The first-order chi connectivity index (χ1) is 11.7. The van der Waals surface area contributed by atoms with Crippen LogP contribution in [0.25, 0.3) is 10.8 Å². The van der Waals surface area contributed by atoms with E-state index in [-0.39, 0.29) is 18.2 Å². The van der Waals surface area contributed by atoms with Gasteiger partial charge in [0, 0.05) is 13.2 Å². The number of hydrogen-bond acceptors (Lipinski definition) is 3. The van der Waals surface area contributed by atoms with Gasteiger partial charge >= 0.3 is 6.03 Å². The molecule has 1 aliphatic heterocycles. The number of benzene rings is 2. The largest absolute Gasteiger partial charge is 0.497 e. The summed E-state index contributed by atoms with van der Waals surface area (Å²) in [7, 11) is 1.66. The molecule has 1 fully saturated rings. The highest BCUT2D eigenvalue weighted by molar-refractivity contribution is 5.84. The normalized spacial score (nSPS) is 18.3. The first-order valence-corrected chi connectivity index (χ1v) is 8.38. The quantitative estimate of drug-likeness (QED) is 0.886. The zero-order valence-corrected chi connectivity index (χ0v) is 14.2. The molecule has 2 N–H and O–H groups in total. The fourth-order valence-electron chi connectivity index (χ4n) is 3.04. The summed E-state index contributed by atoms with van der Waals surface area (Å²) < 4.78 is 10.8. The van der Waals surface area contributed by atoms with Crippen LogP contribution in [0.2, 0.25) is 0 Å². The topological polar surface area (TPSA) is 59.6 Å². The molecule has 0 bridgehead atoms. The van der Waals surface area contributed by atoms with E-state index in [1.165, 1.54) is 0 Å². The Kier molecular flexibility index (Phi) is 5.20. The maximum Gasteiger partial charge on any atom is 0.315 e. The van der Waals surface area contributed by atoms with Crippen LogP contribution in [-0.4, -0.2) is 31.9 Å². The van der Waals surface area contributed by atoms with E-state index in [1.807, 2.05) is 37.3 Å². The minimum atomic E-state index is -0.159. The average molecular weight is 328 g/mol. The third kappa shape index (κ3) is 3.97. The van der Waals surface area contributed by atoms with Gasteiger partial charge in [0.1, 0.15) is 5.75 Å². The van der Waals surface area contributed by atoms with Crippen LogP contribution >= 0.6 is 0 Å². The highest BCUT2D eigenvalue weighted by Crippen LogP contribution is 2.21. The molecule has 0 saturated carbocycles. The molecular formula is C19H24N2O3. The first-order valence-electron chi connectivity index (χ1n) is 8.38. The lowest BCUT2D eigenvalue weighted by Crippen LogP contribution is -2.45. The number of carbonyl (C=O) groups excluding carboxylic acids is 1.